The summed E-state index contributed by atoms with van der Waals surface area (Å²) in [5.74, 6) is -0.879. The highest BCUT2D eigenvalue weighted by Crippen LogP contribution is 2.38. The van der Waals surface area contributed by atoms with E-state index in [4.69, 9.17) is 21.1 Å². The zero-order valence-electron chi connectivity index (χ0n) is 20.6. The van der Waals surface area contributed by atoms with Crippen LogP contribution in [-0.4, -0.2) is 54.2 Å². The molecule has 0 saturated carbocycles. The van der Waals surface area contributed by atoms with Crippen molar-refractivity contribution in [3.8, 4) is 0 Å². The fourth-order valence-corrected chi connectivity index (χ4v) is 7.38. The number of anilines is 1. The molecule has 2 amide bonds. The molecule has 2 heterocycles. The SMILES string of the molecule is CCOC(=O)c1c(NC(=O)CSCC(=O)N=c2sc3cc(Cl)ccc3n2CCOC)sc2c1CCCC2. The number of amides is 2. The molecule has 2 aromatic heterocycles. The van der Waals surface area contributed by atoms with Gasteiger partial charge in [0, 0.05) is 23.6 Å². The number of thiophene rings is 1. The van der Waals surface area contributed by atoms with Crippen molar-refractivity contribution < 1.29 is 23.9 Å². The summed E-state index contributed by atoms with van der Waals surface area (Å²) in [7, 11) is 1.62. The van der Waals surface area contributed by atoms with Gasteiger partial charge in [-0.3, -0.25) is 9.59 Å². The molecule has 0 spiro atoms. The van der Waals surface area contributed by atoms with Crippen molar-refractivity contribution in [3.05, 3.63) is 44.0 Å². The number of ether oxygens (including phenoxy) is 2. The van der Waals surface area contributed by atoms with Crippen molar-refractivity contribution in [2.24, 2.45) is 4.99 Å². The molecule has 0 aliphatic heterocycles. The Balaban J connectivity index is 1.41. The second kappa shape index (κ2) is 13.1. The lowest BCUT2D eigenvalue weighted by molar-refractivity contribution is -0.115. The van der Waals surface area contributed by atoms with E-state index in [9.17, 15) is 14.4 Å². The highest BCUT2D eigenvalue weighted by atomic mass is 35.5. The molecule has 4 rings (SSSR count). The summed E-state index contributed by atoms with van der Waals surface area (Å²) in [5, 5.41) is 4.03. The number of nitrogens with one attached hydrogen (secondary N) is 1. The number of rotatable bonds is 10. The minimum absolute atomic E-state index is 0.0539. The van der Waals surface area contributed by atoms with Gasteiger partial charge in [0.25, 0.3) is 5.91 Å². The molecule has 0 saturated heterocycles. The minimum atomic E-state index is -0.398. The van der Waals surface area contributed by atoms with Gasteiger partial charge in [-0.15, -0.1) is 23.1 Å². The van der Waals surface area contributed by atoms with E-state index in [0.29, 0.717) is 33.5 Å². The van der Waals surface area contributed by atoms with E-state index in [2.05, 4.69) is 10.3 Å². The number of methoxy groups -OCH3 is 1. The van der Waals surface area contributed by atoms with Crippen LogP contribution in [-0.2, 0) is 38.4 Å². The van der Waals surface area contributed by atoms with Gasteiger partial charge in [-0.05, 0) is 56.4 Å². The number of carbonyl (C=O) groups is 3. The Morgan fingerprint density at radius 3 is 2.78 bits per heavy atom. The van der Waals surface area contributed by atoms with Crippen LogP contribution in [0.3, 0.4) is 0 Å². The van der Waals surface area contributed by atoms with Gasteiger partial charge in [-0.2, -0.15) is 4.99 Å². The Morgan fingerprint density at radius 2 is 2.00 bits per heavy atom. The number of esters is 1. The topological polar surface area (TPSA) is 99.0 Å². The lowest BCUT2D eigenvalue weighted by Crippen LogP contribution is -2.20. The maximum absolute atomic E-state index is 12.7. The number of thioether (sulfide) groups is 1. The molecule has 37 heavy (non-hydrogen) atoms. The lowest BCUT2D eigenvalue weighted by atomic mass is 9.95. The predicted molar refractivity (Wildman–Crippen MR) is 150 cm³/mol. The summed E-state index contributed by atoms with van der Waals surface area (Å²) < 4.78 is 13.3. The fourth-order valence-electron chi connectivity index (χ4n) is 4.14. The van der Waals surface area contributed by atoms with Crippen LogP contribution >= 0.6 is 46.0 Å². The number of aromatic nitrogens is 1. The number of nitrogens with zero attached hydrogens (tertiary/aromatic N) is 2. The molecule has 1 aliphatic carbocycles. The lowest BCUT2D eigenvalue weighted by Gasteiger charge is -2.12. The van der Waals surface area contributed by atoms with Gasteiger partial charge in [0.2, 0.25) is 5.91 Å². The van der Waals surface area contributed by atoms with Crippen molar-refractivity contribution in [2.45, 2.75) is 39.2 Å². The summed E-state index contributed by atoms with van der Waals surface area (Å²) >= 11 is 10.1. The maximum atomic E-state index is 12.7. The van der Waals surface area contributed by atoms with E-state index in [1.807, 2.05) is 16.7 Å². The van der Waals surface area contributed by atoms with Gasteiger partial charge in [-0.1, -0.05) is 22.9 Å². The monoisotopic (exact) mass is 581 g/mol. The summed E-state index contributed by atoms with van der Waals surface area (Å²) in [4.78, 5) is 43.9. The fraction of sp³-hybridized carbons (Fsp3) is 0.440. The van der Waals surface area contributed by atoms with Crippen LogP contribution in [0.2, 0.25) is 5.02 Å². The van der Waals surface area contributed by atoms with Crippen LogP contribution in [0, 0.1) is 0 Å². The first-order chi connectivity index (χ1) is 17.9. The van der Waals surface area contributed by atoms with E-state index < -0.39 is 5.97 Å². The third-order valence-corrected chi connectivity index (χ3v) is 9.15. The molecule has 12 heteroatoms. The predicted octanol–water partition coefficient (Wildman–Crippen LogP) is 4.92. The van der Waals surface area contributed by atoms with Crippen LogP contribution < -0.4 is 10.1 Å². The molecule has 1 aromatic carbocycles. The van der Waals surface area contributed by atoms with Crippen LogP contribution in [0.25, 0.3) is 10.2 Å². The van der Waals surface area contributed by atoms with Gasteiger partial charge in [0.1, 0.15) is 5.00 Å². The first kappa shape index (κ1) is 27.8. The number of hydrogen-bond donors (Lipinski definition) is 1. The summed E-state index contributed by atoms with van der Waals surface area (Å²) in [6, 6.07) is 5.55. The molecule has 1 N–H and O–H groups in total. The van der Waals surface area contributed by atoms with Crippen molar-refractivity contribution in [2.75, 3.05) is 37.1 Å². The van der Waals surface area contributed by atoms with Crippen LogP contribution in [0.4, 0.5) is 5.00 Å². The second-order valence-corrected chi connectivity index (χ2v) is 11.9. The first-order valence-electron chi connectivity index (χ1n) is 12.0. The summed E-state index contributed by atoms with van der Waals surface area (Å²) in [6.07, 6.45) is 3.81. The Labute approximate surface area is 232 Å². The van der Waals surface area contributed by atoms with Crippen LogP contribution in [0.5, 0.6) is 0 Å². The molecule has 0 radical (unpaired) electrons. The average molecular weight is 582 g/mol. The minimum Gasteiger partial charge on any atom is -0.462 e. The molecule has 8 nitrogen and oxygen atoms in total. The van der Waals surface area contributed by atoms with E-state index in [1.54, 1.807) is 20.1 Å². The third-order valence-electron chi connectivity index (χ3n) is 5.75. The number of hydrogen-bond acceptors (Lipinski definition) is 8. The van der Waals surface area contributed by atoms with Gasteiger partial charge in [0.15, 0.2) is 4.80 Å². The molecule has 0 atom stereocenters. The average Bonchev–Trinajstić information content (AvgIpc) is 3.39. The Kier molecular flexibility index (Phi) is 9.83. The van der Waals surface area contributed by atoms with Crippen LogP contribution in [0.15, 0.2) is 23.2 Å². The number of aryl methyl sites for hydroxylation is 1. The normalized spacial score (nSPS) is 13.5. The summed E-state index contributed by atoms with van der Waals surface area (Å²) in [6.45, 7) is 3.06. The molecule has 198 valence electrons. The van der Waals surface area contributed by atoms with Crippen molar-refractivity contribution in [1.82, 2.24) is 4.57 Å². The number of thiazole rings is 1. The number of benzene rings is 1. The van der Waals surface area contributed by atoms with Crippen LogP contribution in [0.1, 0.15) is 40.6 Å². The number of carbonyl (C=O) groups excluding carboxylic acids is 3. The van der Waals surface area contributed by atoms with Gasteiger partial charge < -0.3 is 19.4 Å². The Bertz CT molecular complexity index is 1380. The molecular formula is C25H28ClN3O5S3. The molecule has 0 unspecified atom stereocenters. The molecule has 3 aromatic rings. The van der Waals surface area contributed by atoms with E-state index in [0.717, 1.165) is 46.3 Å². The zero-order chi connectivity index (χ0) is 26.4. The molecule has 0 fully saturated rings. The highest BCUT2D eigenvalue weighted by molar-refractivity contribution is 8.00. The summed E-state index contributed by atoms with van der Waals surface area (Å²) in [5.41, 5.74) is 2.41. The Morgan fingerprint density at radius 1 is 1.19 bits per heavy atom. The van der Waals surface area contributed by atoms with Gasteiger partial charge in [0.05, 0.1) is 40.5 Å². The highest BCUT2D eigenvalue weighted by Gasteiger charge is 2.27. The Hall–Kier alpha value is -2.18. The first-order valence-corrected chi connectivity index (χ1v) is 15.1. The molecule has 0 bridgehead atoms. The van der Waals surface area contributed by atoms with E-state index in [-0.39, 0.29) is 29.9 Å². The maximum Gasteiger partial charge on any atom is 0.341 e. The van der Waals surface area contributed by atoms with Crippen molar-refractivity contribution in [3.63, 3.8) is 0 Å². The van der Waals surface area contributed by atoms with E-state index in [1.165, 1.54) is 34.4 Å². The number of fused-ring (bicyclic) bond motifs is 2. The van der Waals surface area contributed by atoms with E-state index >= 15 is 0 Å². The van der Waals surface area contributed by atoms with Crippen molar-refractivity contribution >= 4 is 79.0 Å². The largest absolute Gasteiger partial charge is 0.462 e. The van der Waals surface area contributed by atoms with Gasteiger partial charge >= 0.3 is 5.97 Å². The molecule has 1 aliphatic rings. The molecular weight excluding hydrogens is 554 g/mol. The third kappa shape index (κ3) is 6.83. The van der Waals surface area contributed by atoms with Crippen molar-refractivity contribution in [1.29, 1.82) is 0 Å². The standard InChI is InChI=1S/C25H28ClN3O5S3/c1-3-34-24(32)22-16-6-4-5-7-18(16)36-23(22)27-20(30)13-35-14-21(31)28-25-29(10-11-33-2)17-9-8-15(26)12-19(17)37-25/h8-9,12H,3-7,10-11,13-14H2,1-2H3,(H,27,30). The zero-order valence-corrected chi connectivity index (χ0v) is 23.8. The smallest absolute Gasteiger partial charge is 0.341 e. The quantitative estimate of drug-likeness (QED) is 0.341. The number of halogens is 1. The second-order valence-electron chi connectivity index (χ2n) is 8.32. The van der Waals surface area contributed by atoms with Gasteiger partial charge in [-0.25, -0.2) is 4.79 Å².